The van der Waals surface area contributed by atoms with E-state index in [1.165, 1.54) is 5.56 Å². The molecule has 6 heteroatoms. The molecule has 0 bridgehead atoms. The molecule has 0 radical (unpaired) electrons. The smallest absolute Gasteiger partial charge is 0.228 e. The second kappa shape index (κ2) is 7.37. The number of anilines is 1. The lowest BCUT2D eigenvalue weighted by atomic mass is 9.75. The molecule has 2 aromatic heterocycles. The predicted molar refractivity (Wildman–Crippen MR) is 109 cm³/mol. The van der Waals surface area contributed by atoms with E-state index >= 15 is 0 Å². The van der Waals surface area contributed by atoms with Crippen molar-refractivity contribution in [1.29, 1.82) is 0 Å². The number of carbonyl (C=O) groups excluding carboxylic acids is 1. The standard InChI is InChI=1S/C23H22N4O2/c28-22(27-21-14-25-19(13-26-21)16-5-2-1-3-6-16)17-8-10-23(11-9-17)18-7-4-12-24-20(18)15-29-23/h1-7,12-14,17H,8-11,15H2,(H,26,27,28). The van der Waals surface area contributed by atoms with Crippen LogP contribution in [-0.2, 0) is 21.7 Å². The van der Waals surface area contributed by atoms with Crippen molar-refractivity contribution in [1.82, 2.24) is 15.0 Å². The number of aromatic nitrogens is 3. The zero-order chi connectivity index (χ0) is 19.7. The maximum Gasteiger partial charge on any atom is 0.228 e. The van der Waals surface area contributed by atoms with Crippen LogP contribution in [0.2, 0.25) is 0 Å². The first kappa shape index (κ1) is 17.9. The van der Waals surface area contributed by atoms with Gasteiger partial charge in [0.05, 0.1) is 36.0 Å². The number of nitrogens with zero attached hydrogens (tertiary/aromatic N) is 3. The molecule has 1 spiro atoms. The highest BCUT2D eigenvalue weighted by Crippen LogP contribution is 2.47. The van der Waals surface area contributed by atoms with Gasteiger partial charge in [-0.1, -0.05) is 36.4 Å². The molecule has 1 aromatic carbocycles. The van der Waals surface area contributed by atoms with Crippen molar-refractivity contribution in [2.45, 2.75) is 37.9 Å². The average molecular weight is 386 g/mol. The third kappa shape index (κ3) is 3.40. The van der Waals surface area contributed by atoms with Crippen molar-refractivity contribution in [3.63, 3.8) is 0 Å². The van der Waals surface area contributed by atoms with Gasteiger partial charge in [-0.3, -0.25) is 14.8 Å². The van der Waals surface area contributed by atoms with Crippen LogP contribution >= 0.6 is 0 Å². The third-order valence-electron chi connectivity index (χ3n) is 6.00. The molecule has 1 N–H and O–H groups in total. The summed E-state index contributed by atoms with van der Waals surface area (Å²) < 4.78 is 6.14. The number of hydrogen-bond acceptors (Lipinski definition) is 5. The summed E-state index contributed by atoms with van der Waals surface area (Å²) in [6.45, 7) is 0.566. The van der Waals surface area contributed by atoms with E-state index in [4.69, 9.17) is 4.74 Å². The van der Waals surface area contributed by atoms with Gasteiger partial charge in [0.15, 0.2) is 5.82 Å². The molecule has 2 aliphatic rings. The Kier molecular flexibility index (Phi) is 4.56. The minimum atomic E-state index is -0.266. The summed E-state index contributed by atoms with van der Waals surface area (Å²) in [5, 5.41) is 2.92. The van der Waals surface area contributed by atoms with Crippen LogP contribution in [0.25, 0.3) is 11.3 Å². The topological polar surface area (TPSA) is 77.0 Å². The van der Waals surface area contributed by atoms with Crippen molar-refractivity contribution in [3.8, 4) is 11.3 Å². The van der Waals surface area contributed by atoms with E-state index in [2.05, 4.69) is 26.3 Å². The molecule has 3 heterocycles. The molecule has 0 unspecified atom stereocenters. The van der Waals surface area contributed by atoms with Crippen molar-refractivity contribution >= 4 is 11.7 Å². The first-order valence-electron chi connectivity index (χ1n) is 10.0. The summed E-state index contributed by atoms with van der Waals surface area (Å²) >= 11 is 0. The molecule has 5 rings (SSSR count). The zero-order valence-corrected chi connectivity index (χ0v) is 16.0. The lowest BCUT2D eigenvalue weighted by Gasteiger charge is -2.36. The number of carbonyl (C=O) groups is 1. The molecule has 3 aromatic rings. The Morgan fingerprint density at radius 3 is 2.59 bits per heavy atom. The minimum Gasteiger partial charge on any atom is -0.364 e. The molecule has 29 heavy (non-hydrogen) atoms. The summed E-state index contributed by atoms with van der Waals surface area (Å²) in [4.78, 5) is 26.0. The second-order valence-corrected chi connectivity index (χ2v) is 7.70. The second-order valence-electron chi connectivity index (χ2n) is 7.70. The molecular weight excluding hydrogens is 364 g/mol. The summed E-state index contributed by atoms with van der Waals surface area (Å²) in [5.74, 6) is 0.452. The Morgan fingerprint density at radius 1 is 1.00 bits per heavy atom. The largest absolute Gasteiger partial charge is 0.364 e. The van der Waals surface area contributed by atoms with Crippen LogP contribution in [0.5, 0.6) is 0 Å². The molecule has 0 atom stereocenters. The maximum atomic E-state index is 12.7. The van der Waals surface area contributed by atoms with Crippen LogP contribution in [0, 0.1) is 5.92 Å². The fraction of sp³-hybridized carbons (Fsp3) is 0.304. The van der Waals surface area contributed by atoms with Gasteiger partial charge in [-0.15, -0.1) is 0 Å². The predicted octanol–water partition coefficient (Wildman–Crippen LogP) is 4.09. The van der Waals surface area contributed by atoms with Crippen LogP contribution < -0.4 is 5.32 Å². The number of benzene rings is 1. The quantitative estimate of drug-likeness (QED) is 0.734. The molecule has 1 aliphatic heterocycles. The Balaban J connectivity index is 1.22. The summed E-state index contributed by atoms with van der Waals surface area (Å²) in [7, 11) is 0. The number of amides is 1. The Labute approximate surface area is 169 Å². The molecule has 1 saturated carbocycles. The van der Waals surface area contributed by atoms with Crippen molar-refractivity contribution in [3.05, 3.63) is 72.3 Å². The van der Waals surface area contributed by atoms with Gasteiger partial charge in [0.25, 0.3) is 0 Å². The van der Waals surface area contributed by atoms with E-state index in [0.717, 1.165) is 42.6 Å². The summed E-state index contributed by atoms with van der Waals surface area (Å²) in [5.41, 5.74) is 3.75. The van der Waals surface area contributed by atoms with Gasteiger partial charge < -0.3 is 10.1 Å². The van der Waals surface area contributed by atoms with E-state index in [1.54, 1.807) is 12.4 Å². The normalized spacial score (nSPS) is 23.0. The highest BCUT2D eigenvalue weighted by molar-refractivity contribution is 5.91. The monoisotopic (exact) mass is 386 g/mol. The molecule has 1 aliphatic carbocycles. The van der Waals surface area contributed by atoms with E-state index in [0.29, 0.717) is 12.4 Å². The fourth-order valence-electron chi connectivity index (χ4n) is 4.39. The van der Waals surface area contributed by atoms with Crippen molar-refractivity contribution < 1.29 is 9.53 Å². The van der Waals surface area contributed by atoms with Crippen molar-refractivity contribution in [2.75, 3.05) is 5.32 Å². The highest BCUT2D eigenvalue weighted by Gasteiger charge is 2.44. The SMILES string of the molecule is O=C(Nc1cnc(-c2ccccc2)cn1)C1CCC2(CC1)OCc1ncccc12. The highest BCUT2D eigenvalue weighted by atomic mass is 16.5. The Bertz CT molecular complexity index is 1010. The van der Waals surface area contributed by atoms with Crippen molar-refractivity contribution in [2.24, 2.45) is 5.92 Å². The van der Waals surface area contributed by atoms with Gasteiger partial charge in [-0.05, 0) is 31.7 Å². The molecule has 1 amide bonds. The van der Waals surface area contributed by atoms with Gasteiger partial charge >= 0.3 is 0 Å². The Morgan fingerprint density at radius 2 is 1.83 bits per heavy atom. The maximum absolute atomic E-state index is 12.7. The van der Waals surface area contributed by atoms with E-state index in [1.807, 2.05) is 42.6 Å². The minimum absolute atomic E-state index is 0.00557. The lowest BCUT2D eigenvalue weighted by Crippen LogP contribution is -2.35. The molecule has 1 fully saturated rings. The van der Waals surface area contributed by atoms with E-state index in [-0.39, 0.29) is 17.4 Å². The first-order valence-corrected chi connectivity index (χ1v) is 10.0. The molecule has 146 valence electrons. The van der Waals surface area contributed by atoms with Gasteiger partial charge in [-0.25, -0.2) is 4.98 Å². The number of fused-ring (bicyclic) bond motifs is 2. The number of ether oxygens (including phenoxy) is 1. The molecular formula is C23H22N4O2. The summed E-state index contributed by atoms with van der Waals surface area (Å²) in [6.07, 6.45) is 8.37. The van der Waals surface area contributed by atoms with Gasteiger partial charge in [0.1, 0.15) is 0 Å². The van der Waals surface area contributed by atoms with Gasteiger partial charge in [-0.2, -0.15) is 0 Å². The van der Waals surface area contributed by atoms with Gasteiger partial charge in [0.2, 0.25) is 5.91 Å². The first-order chi connectivity index (χ1) is 14.2. The average Bonchev–Trinajstić information content (AvgIpc) is 3.14. The Hall–Kier alpha value is -3.12. The number of pyridine rings is 1. The van der Waals surface area contributed by atoms with Gasteiger partial charge in [0, 0.05) is 23.2 Å². The lowest BCUT2D eigenvalue weighted by molar-refractivity contribution is -0.125. The van der Waals surface area contributed by atoms with Crippen LogP contribution in [-0.4, -0.2) is 20.9 Å². The molecule has 6 nitrogen and oxygen atoms in total. The number of hydrogen-bond donors (Lipinski definition) is 1. The third-order valence-corrected chi connectivity index (χ3v) is 6.00. The van der Waals surface area contributed by atoms with Crippen LogP contribution in [0.4, 0.5) is 5.82 Å². The zero-order valence-electron chi connectivity index (χ0n) is 16.0. The summed E-state index contributed by atoms with van der Waals surface area (Å²) in [6, 6.07) is 13.9. The van der Waals surface area contributed by atoms with Crippen LogP contribution in [0.15, 0.2) is 61.1 Å². The van der Waals surface area contributed by atoms with Crippen LogP contribution in [0.3, 0.4) is 0 Å². The fourth-order valence-corrected chi connectivity index (χ4v) is 4.39. The number of nitrogens with one attached hydrogen (secondary N) is 1. The van der Waals surface area contributed by atoms with E-state index in [9.17, 15) is 4.79 Å². The van der Waals surface area contributed by atoms with Crippen LogP contribution in [0.1, 0.15) is 36.9 Å². The molecule has 0 saturated heterocycles. The number of rotatable bonds is 3. The van der Waals surface area contributed by atoms with E-state index < -0.39 is 0 Å².